The second-order valence-electron chi connectivity index (χ2n) is 9.10. The predicted molar refractivity (Wildman–Crippen MR) is 133 cm³/mol. The monoisotopic (exact) mass is 505 g/mol. The number of alkyl halides is 3. The van der Waals surface area contributed by atoms with E-state index in [-0.39, 0.29) is 22.1 Å². The quantitative estimate of drug-likeness (QED) is 0.438. The smallest absolute Gasteiger partial charge is 0.416 e. The predicted octanol–water partition coefficient (Wildman–Crippen LogP) is 6.31. The fourth-order valence-corrected chi connectivity index (χ4v) is 4.36. The van der Waals surface area contributed by atoms with Gasteiger partial charge >= 0.3 is 6.18 Å². The number of nitrogens with one attached hydrogen (secondary N) is 1. The Kier molecular flexibility index (Phi) is 6.73. The van der Waals surface area contributed by atoms with Crippen molar-refractivity contribution in [1.82, 2.24) is 9.97 Å². The lowest BCUT2D eigenvalue weighted by Gasteiger charge is -2.48. The van der Waals surface area contributed by atoms with E-state index >= 15 is 0 Å². The minimum absolute atomic E-state index is 0.224. The lowest BCUT2D eigenvalue weighted by molar-refractivity contribution is -0.137. The van der Waals surface area contributed by atoms with Crippen molar-refractivity contribution in [2.45, 2.75) is 32.5 Å². The van der Waals surface area contributed by atoms with E-state index in [2.05, 4.69) is 38.9 Å². The number of hydrogen-bond acceptors (Lipinski definition) is 6. The first-order valence-electron chi connectivity index (χ1n) is 11.1. The molecule has 0 amide bonds. The summed E-state index contributed by atoms with van der Waals surface area (Å²) in [5.74, 6) is 1.52. The summed E-state index contributed by atoms with van der Waals surface area (Å²) in [6.45, 7) is 8.05. The highest BCUT2D eigenvalue weighted by atomic mass is 35.5. The molecule has 0 atom stereocenters. The van der Waals surface area contributed by atoms with Crippen molar-refractivity contribution in [1.29, 1.82) is 0 Å². The van der Waals surface area contributed by atoms with Gasteiger partial charge in [0.1, 0.15) is 10.8 Å². The molecule has 2 heterocycles. The maximum absolute atomic E-state index is 13.2. The second-order valence-corrected chi connectivity index (χ2v) is 9.51. The molecule has 2 aromatic carbocycles. The third kappa shape index (κ3) is 5.40. The van der Waals surface area contributed by atoms with E-state index < -0.39 is 11.7 Å². The molecular formula is C25H27ClF3N5O. The van der Waals surface area contributed by atoms with Gasteiger partial charge in [-0.2, -0.15) is 18.2 Å². The summed E-state index contributed by atoms with van der Waals surface area (Å²) in [6.07, 6.45) is -2.97. The molecule has 1 N–H and O–H groups in total. The van der Waals surface area contributed by atoms with Gasteiger partial charge in [0.25, 0.3) is 0 Å². The zero-order valence-electron chi connectivity index (χ0n) is 19.9. The molecule has 4 rings (SSSR count). The van der Waals surface area contributed by atoms with Crippen LogP contribution in [0, 0.1) is 6.92 Å². The fourth-order valence-electron chi connectivity index (χ4n) is 4.22. The summed E-state index contributed by atoms with van der Waals surface area (Å²) >= 11 is 6.30. The summed E-state index contributed by atoms with van der Waals surface area (Å²) in [4.78, 5) is 13.3. The van der Waals surface area contributed by atoms with Crippen LogP contribution in [-0.4, -0.2) is 42.3 Å². The summed E-state index contributed by atoms with van der Waals surface area (Å²) in [7, 11) is 1.64. The van der Waals surface area contributed by atoms with Crippen molar-refractivity contribution in [2.24, 2.45) is 0 Å². The van der Waals surface area contributed by atoms with Crippen LogP contribution in [0.4, 0.5) is 36.3 Å². The number of nitrogens with zero attached hydrogens (tertiary/aromatic N) is 4. The van der Waals surface area contributed by atoms with E-state index in [4.69, 9.17) is 16.3 Å². The Balaban J connectivity index is 1.55. The molecule has 0 aliphatic carbocycles. The molecule has 0 unspecified atom stereocenters. The molecule has 0 radical (unpaired) electrons. The number of piperazine rings is 1. The summed E-state index contributed by atoms with van der Waals surface area (Å²) in [5.41, 5.74) is 1.04. The van der Waals surface area contributed by atoms with Crippen molar-refractivity contribution in [2.75, 3.05) is 41.9 Å². The van der Waals surface area contributed by atoms with Gasteiger partial charge in [0.15, 0.2) is 5.82 Å². The van der Waals surface area contributed by atoms with Crippen LogP contribution in [0.2, 0.25) is 5.02 Å². The fraction of sp³-hybridized carbons (Fsp3) is 0.360. The lowest BCUT2D eigenvalue weighted by Crippen LogP contribution is -2.60. The molecule has 0 saturated carbocycles. The average molecular weight is 506 g/mol. The number of aromatic nitrogens is 2. The van der Waals surface area contributed by atoms with Crippen molar-refractivity contribution in [3.05, 3.63) is 64.8 Å². The first-order valence-corrected chi connectivity index (χ1v) is 11.5. The van der Waals surface area contributed by atoms with Crippen LogP contribution in [0.5, 0.6) is 5.75 Å². The van der Waals surface area contributed by atoms with Gasteiger partial charge in [-0.05, 0) is 62.7 Å². The van der Waals surface area contributed by atoms with E-state index in [1.807, 2.05) is 24.3 Å². The molecule has 1 aliphatic rings. The highest BCUT2D eigenvalue weighted by Gasteiger charge is 2.35. The third-order valence-electron chi connectivity index (χ3n) is 6.12. The van der Waals surface area contributed by atoms with Crippen LogP contribution < -0.4 is 19.9 Å². The summed E-state index contributed by atoms with van der Waals surface area (Å²) < 4.78 is 44.8. The number of aryl methyl sites for hydroxylation is 1. The van der Waals surface area contributed by atoms with Gasteiger partial charge in [-0.15, -0.1) is 0 Å². The Labute approximate surface area is 207 Å². The maximum atomic E-state index is 13.2. The molecular weight excluding hydrogens is 479 g/mol. The Morgan fingerprint density at radius 3 is 2.43 bits per heavy atom. The van der Waals surface area contributed by atoms with Crippen LogP contribution in [0.3, 0.4) is 0 Å². The average Bonchev–Trinajstić information content (AvgIpc) is 2.80. The van der Waals surface area contributed by atoms with E-state index in [0.29, 0.717) is 24.6 Å². The minimum atomic E-state index is -4.44. The Morgan fingerprint density at radius 2 is 1.80 bits per heavy atom. The Morgan fingerprint density at radius 1 is 1.09 bits per heavy atom. The Hall–Kier alpha value is -3.20. The van der Waals surface area contributed by atoms with Gasteiger partial charge in [0.2, 0.25) is 5.95 Å². The third-order valence-corrected chi connectivity index (χ3v) is 6.39. The standard InChI is InChI=1S/C25H27ClF3N5O/c1-16-5-6-17(25(27,28)29)13-21(16)31-22-20(26)14-30-23(32-22)33-11-12-34(24(2,3)15-33)18-7-9-19(35-4)10-8-18/h5-10,13-14H,11-12,15H2,1-4H3,(H,30,31,32). The van der Waals surface area contributed by atoms with Crippen LogP contribution in [0.1, 0.15) is 25.0 Å². The highest BCUT2D eigenvalue weighted by Crippen LogP contribution is 2.35. The number of benzene rings is 2. The molecule has 1 saturated heterocycles. The van der Waals surface area contributed by atoms with Crippen LogP contribution in [0.25, 0.3) is 0 Å². The van der Waals surface area contributed by atoms with Crippen molar-refractivity contribution < 1.29 is 17.9 Å². The van der Waals surface area contributed by atoms with E-state index in [9.17, 15) is 13.2 Å². The second kappa shape index (κ2) is 9.45. The zero-order valence-corrected chi connectivity index (χ0v) is 20.7. The lowest BCUT2D eigenvalue weighted by atomic mass is 9.98. The van der Waals surface area contributed by atoms with Crippen molar-refractivity contribution >= 4 is 34.7 Å². The molecule has 186 valence electrons. The van der Waals surface area contributed by atoms with E-state index in [1.54, 1.807) is 14.0 Å². The number of halogens is 4. The number of rotatable bonds is 5. The van der Waals surface area contributed by atoms with E-state index in [0.717, 1.165) is 30.1 Å². The highest BCUT2D eigenvalue weighted by molar-refractivity contribution is 6.32. The van der Waals surface area contributed by atoms with Gasteiger partial charge in [-0.1, -0.05) is 17.7 Å². The zero-order chi connectivity index (χ0) is 25.4. The molecule has 3 aromatic rings. The minimum Gasteiger partial charge on any atom is -0.497 e. The largest absolute Gasteiger partial charge is 0.497 e. The van der Waals surface area contributed by atoms with Gasteiger partial charge in [0, 0.05) is 31.0 Å². The SMILES string of the molecule is COc1ccc(N2CCN(c3ncc(Cl)c(Nc4cc(C(F)(F)F)ccc4C)n3)CC2(C)C)cc1. The number of methoxy groups -OCH3 is 1. The summed E-state index contributed by atoms with van der Waals surface area (Å²) in [6, 6.07) is 11.5. The van der Waals surface area contributed by atoms with Gasteiger partial charge in [-0.3, -0.25) is 0 Å². The van der Waals surface area contributed by atoms with E-state index in [1.165, 1.54) is 12.3 Å². The summed E-state index contributed by atoms with van der Waals surface area (Å²) in [5, 5.41) is 3.19. The molecule has 0 spiro atoms. The molecule has 35 heavy (non-hydrogen) atoms. The molecule has 0 bridgehead atoms. The van der Waals surface area contributed by atoms with Gasteiger partial charge in [0.05, 0.1) is 24.4 Å². The van der Waals surface area contributed by atoms with Crippen LogP contribution >= 0.6 is 11.6 Å². The van der Waals surface area contributed by atoms with Crippen molar-refractivity contribution in [3.8, 4) is 5.75 Å². The van der Waals surface area contributed by atoms with Crippen molar-refractivity contribution in [3.63, 3.8) is 0 Å². The first kappa shape index (κ1) is 24.9. The first-order chi connectivity index (χ1) is 16.5. The molecule has 6 nitrogen and oxygen atoms in total. The molecule has 1 aromatic heterocycles. The maximum Gasteiger partial charge on any atom is 0.416 e. The number of ether oxygens (including phenoxy) is 1. The normalized spacial score (nSPS) is 15.8. The molecule has 10 heteroatoms. The Bertz CT molecular complexity index is 1200. The van der Waals surface area contributed by atoms with Gasteiger partial charge in [-0.25, -0.2) is 4.98 Å². The number of anilines is 4. The number of hydrogen-bond donors (Lipinski definition) is 1. The molecule has 1 aliphatic heterocycles. The molecule has 1 fully saturated rings. The van der Waals surface area contributed by atoms with Gasteiger partial charge < -0.3 is 19.9 Å². The topological polar surface area (TPSA) is 53.5 Å². The van der Waals surface area contributed by atoms with Crippen LogP contribution in [-0.2, 0) is 6.18 Å². The van der Waals surface area contributed by atoms with Crippen LogP contribution in [0.15, 0.2) is 48.7 Å².